The van der Waals surface area contributed by atoms with Crippen LogP contribution in [0.15, 0.2) is 64.0 Å². The van der Waals surface area contributed by atoms with Gasteiger partial charge in [-0.1, -0.05) is 12.1 Å². The number of anilines is 1. The second kappa shape index (κ2) is 8.72. The highest BCUT2D eigenvalue weighted by atomic mass is 79.9. The van der Waals surface area contributed by atoms with Crippen LogP contribution in [0.3, 0.4) is 0 Å². The van der Waals surface area contributed by atoms with Gasteiger partial charge in [0, 0.05) is 40.9 Å². The molecule has 10 heteroatoms. The first-order valence-corrected chi connectivity index (χ1v) is 11.1. The number of allylic oxidation sites excluding steroid dienone is 3. The second-order valence-electron chi connectivity index (χ2n) is 7.58. The number of ether oxygens (including phenoxy) is 1. The van der Waals surface area contributed by atoms with Gasteiger partial charge in [-0.15, -0.1) is 0 Å². The standard InChI is InChI=1S/C23H20BrN7O2/c1-33-8-7-26-18-6-5-12(10-27-18)22-29-21-16(24)9-14(20(25)19(21)23(32)30-22)13-3-2-4-17-15(13)11-28-31-17/h2-6,9-11,19,25H,7-8H2,1H3,(H,26,27)(H,28,31)(H,29,30,32). The van der Waals surface area contributed by atoms with Gasteiger partial charge in [-0.05, 0) is 45.8 Å². The average Bonchev–Trinajstić information content (AvgIpc) is 3.31. The molecule has 9 nitrogen and oxygen atoms in total. The predicted octanol–water partition coefficient (Wildman–Crippen LogP) is 3.23. The third-order valence-corrected chi connectivity index (χ3v) is 6.16. The van der Waals surface area contributed by atoms with E-state index >= 15 is 0 Å². The summed E-state index contributed by atoms with van der Waals surface area (Å²) in [6.07, 6.45) is 5.22. The Balaban J connectivity index is 1.50. The Labute approximate surface area is 197 Å². The molecule has 4 N–H and O–H groups in total. The van der Waals surface area contributed by atoms with Crippen molar-refractivity contribution in [2.75, 3.05) is 25.6 Å². The Morgan fingerprint density at radius 2 is 2.12 bits per heavy atom. The first-order chi connectivity index (χ1) is 16.1. The molecular formula is C23H20BrN7O2. The number of H-pyrrole nitrogens is 1. The number of fused-ring (bicyclic) bond motifs is 2. The minimum Gasteiger partial charge on any atom is -0.383 e. The Morgan fingerprint density at radius 3 is 2.91 bits per heavy atom. The molecule has 166 valence electrons. The Bertz CT molecular complexity index is 1350. The van der Waals surface area contributed by atoms with Crippen LogP contribution in [0.5, 0.6) is 0 Å². The maximum atomic E-state index is 13.1. The van der Waals surface area contributed by atoms with Crippen molar-refractivity contribution < 1.29 is 9.53 Å². The number of pyridine rings is 1. The monoisotopic (exact) mass is 505 g/mol. The Hall–Kier alpha value is -3.63. The minimum absolute atomic E-state index is 0.193. The van der Waals surface area contributed by atoms with E-state index in [4.69, 9.17) is 10.1 Å². The summed E-state index contributed by atoms with van der Waals surface area (Å²) in [7, 11) is 1.64. The highest BCUT2D eigenvalue weighted by Crippen LogP contribution is 2.39. The number of carbonyl (C=O) groups is 1. The quantitative estimate of drug-likeness (QED) is 0.382. The summed E-state index contributed by atoms with van der Waals surface area (Å²) < 4.78 is 5.69. The highest BCUT2D eigenvalue weighted by molar-refractivity contribution is 9.11. The van der Waals surface area contributed by atoms with Crippen LogP contribution in [0.2, 0.25) is 0 Å². The number of aromatic amines is 1. The van der Waals surface area contributed by atoms with Gasteiger partial charge in [0.2, 0.25) is 5.91 Å². The second-order valence-corrected chi connectivity index (χ2v) is 8.43. The van der Waals surface area contributed by atoms with Gasteiger partial charge in [0.05, 0.1) is 29.7 Å². The molecule has 0 radical (unpaired) electrons. The number of halogens is 1. The van der Waals surface area contributed by atoms with Gasteiger partial charge in [0.25, 0.3) is 0 Å². The molecule has 2 aromatic heterocycles. The first kappa shape index (κ1) is 21.2. The summed E-state index contributed by atoms with van der Waals surface area (Å²) >= 11 is 3.58. The van der Waals surface area contributed by atoms with Crippen molar-refractivity contribution in [3.63, 3.8) is 0 Å². The fourth-order valence-corrected chi connectivity index (χ4v) is 4.45. The van der Waals surface area contributed by atoms with E-state index in [1.165, 1.54) is 0 Å². The smallest absolute Gasteiger partial charge is 0.240 e. The molecule has 1 aliphatic carbocycles. The van der Waals surface area contributed by atoms with E-state index in [0.29, 0.717) is 46.1 Å². The van der Waals surface area contributed by atoms with E-state index in [0.717, 1.165) is 16.5 Å². The summed E-state index contributed by atoms with van der Waals surface area (Å²) in [4.78, 5) is 22.2. The molecule has 1 aliphatic heterocycles. The van der Waals surface area contributed by atoms with E-state index in [2.05, 4.69) is 46.7 Å². The molecular weight excluding hydrogens is 486 g/mol. The van der Waals surface area contributed by atoms with Crippen molar-refractivity contribution in [3.05, 3.63) is 70.1 Å². The number of nitrogens with one attached hydrogen (secondary N) is 4. The number of carbonyl (C=O) groups excluding carboxylic acids is 1. The lowest BCUT2D eigenvalue weighted by Gasteiger charge is -2.29. The normalized spacial score (nSPS) is 18.1. The van der Waals surface area contributed by atoms with E-state index in [1.807, 2.05) is 36.4 Å². The molecule has 3 heterocycles. The molecule has 1 unspecified atom stereocenters. The third-order valence-electron chi connectivity index (χ3n) is 5.53. The van der Waals surface area contributed by atoms with E-state index < -0.39 is 5.92 Å². The summed E-state index contributed by atoms with van der Waals surface area (Å²) in [6.45, 7) is 1.22. The average molecular weight is 506 g/mol. The maximum absolute atomic E-state index is 13.1. The first-order valence-electron chi connectivity index (χ1n) is 10.3. The molecule has 0 saturated heterocycles. The Kier molecular flexibility index (Phi) is 5.61. The molecule has 0 spiro atoms. The molecule has 0 saturated carbocycles. The van der Waals surface area contributed by atoms with Gasteiger partial charge >= 0.3 is 0 Å². The third kappa shape index (κ3) is 3.87. The van der Waals surface area contributed by atoms with Crippen LogP contribution in [0.4, 0.5) is 5.82 Å². The topological polar surface area (TPSA) is 128 Å². The SMILES string of the molecule is COCCNc1ccc(C2=NC3=C(Br)C=C(c4cccc5[nH]ncc45)C(=N)C3C(=O)N2)cn1. The highest BCUT2D eigenvalue weighted by Gasteiger charge is 2.38. The lowest BCUT2D eigenvalue weighted by atomic mass is 9.83. The van der Waals surface area contributed by atoms with Crippen LogP contribution in [-0.4, -0.2) is 52.9 Å². The van der Waals surface area contributed by atoms with Crippen molar-refractivity contribution in [1.29, 1.82) is 5.41 Å². The molecule has 0 fully saturated rings. The molecule has 0 bridgehead atoms. The molecule has 1 amide bonds. The summed E-state index contributed by atoms with van der Waals surface area (Å²) in [5.41, 5.74) is 3.74. The number of aliphatic imine (C=N–C) groups is 1. The summed E-state index contributed by atoms with van der Waals surface area (Å²) in [5.74, 6) is -0.00424. The predicted molar refractivity (Wildman–Crippen MR) is 131 cm³/mol. The molecule has 33 heavy (non-hydrogen) atoms. The van der Waals surface area contributed by atoms with Crippen molar-refractivity contribution in [2.24, 2.45) is 10.9 Å². The number of aromatic nitrogens is 3. The van der Waals surface area contributed by atoms with Gasteiger partial charge in [0.1, 0.15) is 17.6 Å². The zero-order chi connectivity index (χ0) is 22.9. The molecule has 3 aromatic rings. The van der Waals surface area contributed by atoms with E-state index in [9.17, 15) is 4.79 Å². The fraction of sp³-hybridized carbons (Fsp3) is 0.174. The zero-order valence-corrected chi connectivity index (χ0v) is 19.2. The zero-order valence-electron chi connectivity index (χ0n) is 17.6. The largest absolute Gasteiger partial charge is 0.383 e. The number of hydrogen-bond donors (Lipinski definition) is 4. The van der Waals surface area contributed by atoms with Crippen LogP contribution in [0.1, 0.15) is 11.1 Å². The van der Waals surface area contributed by atoms with Crippen LogP contribution in [-0.2, 0) is 9.53 Å². The van der Waals surface area contributed by atoms with E-state index in [1.54, 1.807) is 19.5 Å². The molecule has 2 aliphatic rings. The van der Waals surface area contributed by atoms with Gasteiger partial charge < -0.3 is 20.8 Å². The van der Waals surface area contributed by atoms with Crippen LogP contribution in [0.25, 0.3) is 16.5 Å². The number of hydrogen-bond acceptors (Lipinski definition) is 7. The number of amides is 1. The molecule has 5 rings (SSSR count). The van der Waals surface area contributed by atoms with Crippen molar-refractivity contribution >= 4 is 55.7 Å². The van der Waals surface area contributed by atoms with Crippen LogP contribution in [0, 0.1) is 11.3 Å². The lowest BCUT2D eigenvalue weighted by Crippen LogP contribution is -2.45. The molecule has 1 atom stereocenters. The van der Waals surface area contributed by atoms with Gasteiger partial charge in [-0.3, -0.25) is 9.89 Å². The van der Waals surface area contributed by atoms with Crippen LogP contribution >= 0.6 is 15.9 Å². The Morgan fingerprint density at radius 1 is 1.24 bits per heavy atom. The fourth-order valence-electron chi connectivity index (χ4n) is 3.90. The number of nitrogens with zero attached hydrogens (tertiary/aromatic N) is 3. The number of amidine groups is 1. The van der Waals surface area contributed by atoms with Gasteiger partial charge in [-0.25, -0.2) is 9.98 Å². The van der Waals surface area contributed by atoms with Crippen molar-refractivity contribution in [1.82, 2.24) is 20.5 Å². The lowest BCUT2D eigenvalue weighted by molar-refractivity contribution is -0.121. The van der Waals surface area contributed by atoms with Crippen molar-refractivity contribution in [2.45, 2.75) is 0 Å². The number of benzene rings is 1. The van der Waals surface area contributed by atoms with Gasteiger partial charge in [0.15, 0.2) is 0 Å². The van der Waals surface area contributed by atoms with Crippen molar-refractivity contribution in [3.8, 4) is 0 Å². The minimum atomic E-state index is -0.812. The van der Waals surface area contributed by atoms with Gasteiger partial charge in [-0.2, -0.15) is 5.10 Å². The summed E-state index contributed by atoms with van der Waals surface area (Å²) in [5, 5.41) is 22.8. The number of rotatable bonds is 6. The maximum Gasteiger partial charge on any atom is 0.240 e. The molecule has 1 aromatic carbocycles. The van der Waals surface area contributed by atoms with Crippen LogP contribution < -0.4 is 10.6 Å². The summed E-state index contributed by atoms with van der Waals surface area (Å²) in [6, 6.07) is 9.40. The number of methoxy groups -OCH3 is 1. The van der Waals surface area contributed by atoms with E-state index in [-0.39, 0.29) is 11.6 Å².